The zero-order valence-electron chi connectivity index (χ0n) is 10.9. The number of carbonyl (C=O) groups excluding carboxylic acids is 2. The monoisotopic (exact) mass is 266 g/mol. The standard InChI is InChI=1S/C12H18N4O3/c1-10(16-6-3-13-9-16)11(17)14-4-7-15-5-2-8-19-12(15)18/h3,6,9-10H,2,4-5,7-8H2,1H3,(H,14,17)/t10-/m1/s1. The van der Waals surface area contributed by atoms with Crippen LogP contribution in [0.15, 0.2) is 18.7 Å². The molecule has 1 fully saturated rings. The minimum atomic E-state index is -0.309. The van der Waals surface area contributed by atoms with Crippen LogP contribution in [0.4, 0.5) is 4.79 Å². The number of ether oxygens (including phenoxy) is 1. The van der Waals surface area contributed by atoms with Crippen molar-refractivity contribution in [3.05, 3.63) is 18.7 Å². The lowest BCUT2D eigenvalue weighted by atomic mass is 10.3. The van der Waals surface area contributed by atoms with E-state index in [1.165, 1.54) is 0 Å². The molecule has 104 valence electrons. The lowest BCUT2D eigenvalue weighted by Crippen LogP contribution is -2.43. The third kappa shape index (κ3) is 3.46. The quantitative estimate of drug-likeness (QED) is 0.837. The highest BCUT2D eigenvalue weighted by Gasteiger charge is 2.19. The fraction of sp³-hybridized carbons (Fsp3) is 0.583. The van der Waals surface area contributed by atoms with Crippen molar-refractivity contribution in [2.24, 2.45) is 0 Å². The van der Waals surface area contributed by atoms with E-state index in [2.05, 4.69) is 10.3 Å². The molecule has 0 aromatic carbocycles. The number of hydrogen-bond donors (Lipinski definition) is 1. The predicted molar refractivity (Wildman–Crippen MR) is 67.5 cm³/mol. The van der Waals surface area contributed by atoms with E-state index in [-0.39, 0.29) is 18.0 Å². The molecule has 7 nitrogen and oxygen atoms in total. The van der Waals surface area contributed by atoms with Gasteiger partial charge < -0.3 is 19.5 Å². The number of nitrogens with one attached hydrogen (secondary N) is 1. The second-order valence-corrected chi connectivity index (χ2v) is 4.43. The van der Waals surface area contributed by atoms with Crippen LogP contribution < -0.4 is 5.32 Å². The first-order valence-corrected chi connectivity index (χ1v) is 6.35. The van der Waals surface area contributed by atoms with E-state index in [4.69, 9.17) is 4.74 Å². The van der Waals surface area contributed by atoms with Crippen molar-refractivity contribution in [1.82, 2.24) is 19.8 Å². The van der Waals surface area contributed by atoms with E-state index in [1.807, 2.05) is 0 Å². The SMILES string of the molecule is C[C@H](C(=O)NCCN1CCCOC1=O)n1ccnc1. The number of aromatic nitrogens is 2. The van der Waals surface area contributed by atoms with Crippen LogP contribution in [0.2, 0.25) is 0 Å². The van der Waals surface area contributed by atoms with Crippen LogP contribution in [0.1, 0.15) is 19.4 Å². The van der Waals surface area contributed by atoms with Crippen molar-refractivity contribution in [2.45, 2.75) is 19.4 Å². The normalized spacial score (nSPS) is 16.9. The summed E-state index contributed by atoms with van der Waals surface area (Å²) in [5.41, 5.74) is 0. The fourth-order valence-electron chi connectivity index (χ4n) is 1.90. The molecule has 1 aromatic rings. The van der Waals surface area contributed by atoms with Crippen molar-refractivity contribution in [3.8, 4) is 0 Å². The molecule has 1 aromatic heterocycles. The first-order chi connectivity index (χ1) is 9.18. The van der Waals surface area contributed by atoms with E-state index in [1.54, 1.807) is 35.1 Å². The molecular weight excluding hydrogens is 248 g/mol. The summed E-state index contributed by atoms with van der Waals surface area (Å²) in [4.78, 5) is 28.7. The van der Waals surface area contributed by atoms with E-state index in [0.29, 0.717) is 26.2 Å². The van der Waals surface area contributed by atoms with Gasteiger partial charge in [0.1, 0.15) is 6.04 Å². The molecule has 0 saturated carbocycles. The van der Waals surface area contributed by atoms with Gasteiger partial charge in [0.05, 0.1) is 12.9 Å². The van der Waals surface area contributed by atoms with Gasteiger partial charge in [0.25, 0.3) is 0 Å². The van der Waals surface area contributed by atoms with Gasteiger partial charge in [-0.3, -0.25) is 4.79 Å². The average Bonchev–Trinajstić information content (AvgIpc) is 2.94. The molecule has 1 N–H and O–H groups in total. The zero-order valence-corrected chi connectivity index (χ0v) is 10.9. The Morgan fingerprint density at radius 1 is 1.63 bits per heavy atom. The molecule has 0 radical (unpaired) electrons. The van der Waals surface area contributed by atoms with Crippen molar-refractivity contribution in [3.63, 3.8) is 0 Å². The summed E-state index contributed by atoms with van der Waals surface area (Å²) in [5, 5.41) is 2.80. The zero-order chi connectivity index (χ0) is 13.7. The largest absolute Gasteiger partial charge is 0.449 e. The van der Waals surface area contributed by atoms with Gasteiger partial charge in [0.15, 0.2) is 0 Å². The van der Waals surface area contributed by atoms with Crippen LogP contribution in [0, 0.1) is 0 Å². The molecule has 2 heterocycles. The molecule has 0 aliphatic carbocycles. The molecule has 0 bridgehead atoms. The Hall–Kier alpha value is -2.05. The Labute approximate surface area is 111 Å². The van der Waals surface area contributed by atoms with Crippen LogP contribution in [0.25, 0.3) is 0 Å². The summed E-state index contributed by atoms with van der Waals surface area (Å²) in [6, 6.07) is -0.309. The lowest BCUT2D eigenvalue weighted by Gasteiger charge is -2.26. The van der Waals surface area contributed by atoms with E-state index in [0.717, 1.165) is 6.42 Å². The van der Waals surface area contributed by atoms with Gasteiger partial charge in [-0.25, -0.2) is 9.78 Å². The molecule has 0 unspecified atom stereocenters. The summed E-state index contributed by atoms with van der Waals surface area (Å²) >= 11 is 0. The van der Waals surface area contributed by atoms with Gasteiger partial charge in [0.2, 0.25) is 5.91 Å². The summed E-state index contributed by atoms with van der Waals surface area (Å²) in [6.45, 7) is 3.87. The highest BCUT2D eigenvalue weighted by Crippen LogP contribution is 2.05. The average molecular weight is 266 g/mol. The third-order valence-corrected chi connectivity index (χ3v) is 3.09. The second-order valence-electron chi connectivity index (χ2n) is 4.43. The number of amides is 2. The van der Waals surface area contributed by atoms with Gasteiger partial charge >= 0.3 is 6.09 Å². The summed E-state index contributed by atoms with van der Waals surface area (Å²) in [6.07, 6.45) is 5.51. The van der Waals surface area contributed by atoms with Gasteiger partial charge in [-0.2, -0.15) is 0 Å². The Morgan fingerprint density at radius 3 is 3.16 bits per heavy atom. The van der Waals surface area contributed by atoms with Gasteiger partial charge in [-0.1, -0.05) is 0 Å². The Kier molecular flexibility index (Phi) is 4.38. The molecular formula is C12H18N4O3. The molecule has 2 rings (SSSR count). The molecule has 0 spiro atoms. The number of hydrogen-bond acceptors (Lipinski definition) is 4. The van der Waals surface area contributed by atoms with Gasteiger partial charge in [-0.15, -0.1) is 0 Å². The van der Waals surface area contributed by atoms with Crippen molar-refractivity contribution < 1.29 is 14.3 Å². The van der Waals surface area contributed by atoms with Gasteiger partial charge in [-0.05, 0) is 13.3 Å². The highest BCUT2D eigenvalue weighted by molar-refractivity contribution is 5.79. The third-order valence-electron chi connectivity index (χ3n) is 3.09. The molecule has 1 saturated heterocycles. The number of nitrogens with zero attached hydrogens (tertiary/aromatic N) is 3. The lowest BCUT2D eigenvalue weighted by molar-refractivity contribution is -0.123. The fourth-order valence-corrected chi connectivity index (χ4v) is 1.90. The minimum absolute atomic E-state index is 0.0941. The summed E-state index contributed by atoms with van der Waals surface area (Å²) in [5.74, 6) is -0.0941. The molecule has 1 aliphatic heterocycles. The maximum absolute atomic E-state index is 11.9. The number of rotatable bonds is 5. The Bertz CT molecular complexity index is 432. The van der Waals surface area contributed by atoms with Crippen LogP contribution in [-0.4, -0.2) is 52.7 Å². The van der Waals surface area contributed by atoms with Crippen LogP contribution in [0.3, 0.4) is 0 Å². The highest BCUT2D eigenvalue weighted by atomic mass is 16.6. The van der Waals surface area contributed by atoms with E-state index < -0.39 is 0 Å². The molecule has 1 aliphatic rings. The van der Waals surface area contributed by atoms with Crippen molar-refractivity contribution >= 4 is 12.0 Å². The number of cyclic esters (lactones) is 1. The number of carbonyl (C=O) groups is 2. The van der Waals surface area contributed by atoms with E-state index >= 15 is 0 Å². The van der Waals surface area contributed by atoms with Crippen molar-refractivity contribution in [1.29, 1.82) is 0 Å². The summed E-state index contributed by atoms with van der Waals surface area (Å²) < 4.78 is 6.64. The molecule has 1 atom stereocenters. The Balaban J connectivity index is 1.73. The molecule has 2 amide bonds. The maximum atomic E-state index is 11.9. The Morgan fingerprint density at radius 2 is 2.47 bits per heavy atom. The topological polar surface area (TPSA) is 76.5 Å². The van der Waals surface area contributed by atoms with Crippen LogP contribution in [0.5, 0.6) is 0 Å². The molecule has 7 heteroatoms. The van der Waals surface area contributed by atoms with Crippen molar-refractivity contribution in [2.75, 3.05) is 26.2 Å². The maximum Gasteiger partial charge on any atom is 0.409 e. The first-order valence-electron chi connectivity index (χ1n) is 6.35. The smallest absolute Gasteiger partial charge is 0.409 e. The molecule has 19 heavy (non-hydrogen) atoms. The van der Waals surface area contributed by atoms with E-state index in [9.17, 15) is 9.59 Å². The van der Waals surface area contributed by atoms with Crippen LogP contribution >= 0.6 is 0 Å². The first kappa shape index (κ1) is 13.4. The van der Waals surface area contributed by atoms with Crippen LogP contribution in [-0.2, 0) is 9.53 Å². The minimum Gasteiger partial charge on any atom is -0.449 e. The predicted octanol–water partition coefficient (Wildman–Crippen LogP) is 0.403. The number of imidazole rings is 1. The van der Waals surface area contributed by atoms with Gasteiger partial charge in [0, 0.05) is 32.0 Å². The second kappa shape index (κ2) is 6.21. The summed E-state index contributed by atoms with van der Waals surface area (Å²) in [7, 11) is 0.